The SMILES string of the molecule is O=S(=O)(N=S1(=O)CCc2ccccc21)c1ccc(C2CC2)cc1. The lowest BCUT2D eigenvalue weighted by molar-refractivity contribution is 0.598. The zero-order valence-electron chi connectivity index (χ0n) is 12.5. The molecule has 4 nitrogen and oxygen atoms in total. The predicted molar refractivity (Wildman–Crippen MR) is 89.5 cm³/mol. The fourth-order valence-corrected chi connectivity index (χ4v) is 7.29. The molecule has 6 heteroatoms. The van der Waals surface area contributed by atoms with Gasteiger partial charge in [-0.2, -0.15) is 8.42 Å². The van der Waals surface area contributed by atoms with E-state index >= 15 is 0 Å². The number of benzene rings is 2. The number of aryl methyl sites for hydroxylation is 1. The summed E-state index contributed by atoms with van der Waals surface area (Å²) in [5, 5.41) is 0. The highest BCUT2D eigenvalue weighted by molar-refractivity contribution is 8.03. The van der Waals surface area contributed by atoms with Crippen molar-refractivity contribution in [2.45, 2.75) is 35.0 Å². The minimum absolute atomic E-state index is 0.119. The van der Waals surface area contributed by atoms with E-state index in [1.165, 1.54) is 18.4 Å². The molecule has 1 aliphatic heterocycles. The number of fused-ring (bicyclic) bond motifs is 1. The Bertz CT molecular complexity index is 981. The summed E-state index contributed by atoms with van der Waals surface area (Å²) in [4.78, 5) is 0.687. The highest BCUT2D eigenvalue weighted by Crippen LogP contribution is 2.40. The maximum atomic E-state index is 13.0. The summed E-state index contributed by atoms with van der Waals surface area (Å²) < 4.78 is 42.0. The van der Waals surface area contributed by atoms with Gasteiger partial charge in [0.15, 0.2) is 0 Å². The Balaban J connectivity index is 1.76. The molecule has 0 saturated heterocycles. The van der Waals surface area contributed by atoms with E-state index in [1.54, 1.807) is 24.3 Å². The van der Waals surface area contributed by atoms with E-state index in [2.05, 4.69) is 3.77 Å². The maximum absolute atomic E-state index is 13.0. The maximum Gasteiger partial charge on any atom is 0.290 e. The lowest BCUT2D eigenvalue weighted by Crippen LogP contribution is -2.06. The van der Waals surface area contributed by atoms with Gasteiger partial charge in [0.1, 0.15) is 0 Å². The van der Waals surface area contributed by atoms with Crippen molar-refractivity contribution in [2.24, 2.45) is 3.77 Å². The van der Waals surface area contributed by atoms with Crippen molar-refractivity contribution in [3.05, 3.63) is 59.7 Å². The molecule has 1 aliphatic carbocycles. The van der Waals surface area contributed by atoms with Crippen LogP contribution in [-0.4, -0.2) is 18.4 Å². The zero-order chi connectivity index (χ0) is 16.1. The van der Waals surface area contributed by atoms with Crippen molar-refractivity contribution < 1.29 is 12.6 Å². The van der Waals surface area contributed by atoms with Gasteiger partial charge in [0.05, 0.1) is 19.5 Å². The highest BCUT2D eigenvalue weighted by Gasteiger charge is 2.28. The number of sulfonamides is 1. The Labute approximate surface area is 136 Å². The molecule has 0 spiro atoms. The van der Waals surface area contributed by atoms with Gasteiger partial charge in [0, 0.05) is 5.75 Å². The topological polar surface area (TPSA) is 63.6 Å². The molecular formula is C17H17NO3S2. The van der Waals surface area contributed by atoms with E-state index in [9.17, 15) is 12.6 Å². The van der Waals surface area contributed by atoms with Crippen LogP contribution < -0.4 is 0 Å². The van der Waals surface area contributed by atoms with Crippen molar-refractivity contribution in [1.29, 1.82) is 0 Å². The fourth-order valence-electron chi connectivity index (χ4n) is 2.99. The fraction of sp³-hybridized carbons (Fsp3) is 0.294. The Morgan fingerprint density at radius 1 is 1.00 bits per heavy atom. The van der Waals surface area contributed by atoms with Crippen LogP contribution in [0.25, 0.3) is 0 Å². The Hall–Kier alpha value is -1.66. The van der Waals surface area contributed by atoms with Gasteiger partial charge < -0.3 is 0 Å². The molecule has 0 N–H and O–H groups in total. The van der Waals surface area contributed by atoms with Gasteiger partial charge in [0.25, 0.3) is 10.0 Å². The quantitative estimate of drug-likeness (QED) is 0.855. The summed E-state index contributed by atoms with van der Waals surface area (Å²) in [7, 11) is -6.81. The van der Waals surface area contributed by atoms with Crippen molar-refractivity contribution in [2.75, 3.05) is 5.75 Å². The average molecular weight is 347 g/mol. The number of hydrogen-bond donors (Lipinski definition) is 0. The number of rotatable bonds is 3. The van der Waals surface area contributed by atoms with Crippen LogP contribution in [0.1, 0.15) is 29.9 Å². The van der Waals surface area contributed by atoms with Crippen LogP contribution in [0.5, 0.6) is 0 Å². The lowest BCUT2D eigenvalue weighted by atomic mass is 10.1. The van der Waals surface area contributed by atoms with Crippen molar-refractivity contribution in [3.63, 3.8) is 0 Å². The summed E-state index contributed by atoms with van der Waals surface area (Å²) in [6.07, 6.45) is 2.94. The van der Waals surface area contributed by atoms with E-state index in [4.69, 9.17) is 0 Å². The minimum atomic E-state index is -3.92. The minimum Gasteiger partial charge on any atom is -0.244 e. The first-order valence-corrected chi connectivity index (χ1v) is 10.8. The van der Waals surface area contributed by atoms with E-state index in [0.717, 1.165) is 5.56 Å². The lowest BCUT2D eigenvalue weighted by Gasteiger charge is -2.05. The van der Waals surface area contributed by atoms with Crippen LogP contribution >= 0.6 is 0 Å². The van der Waals surface area contributed by atoms with Crippen LogP contribution in [0.15, 0.2) is 62.1 Å². The summed E-state index contributed by atoms with van der Waals surface area (Å²) in [6, 6.07) is 14.1. The third-order valence-corrected chi connectivity index (χ3v) is 8.87. The molecule has 0 amide bonds. The third kappa shape index (κ3) is 2.70. The van der Waals surface area contributed by atoms with Gasteiger partial charge in [-0.05, 0) is 54.5 Å². The molecule has 0 radical (unpaired) electrons. The zero-order valence-corrected chi connectivity index (χ0v) is 14.1. The summed E-state index contributed by atoms with van der Waals surface area (Å²) >= 11 is 0. The predicted octanol–water partition coefficient (Wildman–Crippen LogP) is 3.34. The van der Waals surface area contributed by atoms with Gasteiger partial charge >= 0.3 is 0 Å². The summed E-state index contributed by atoms with van der Waals surface area (Å²) in [5.74, 6) is 0.841. The molecule has 1 heterocycles. The second-order valence-electron chi connectivity index (χ2n) is 6.10. The molecule has 1 fully saturated rings. The molecule has 1 atom stereocenters. The second-order valence-corrected chi connectivity index (χ2v) is 10.2. The van der Waals surface area contributed by atoms with Gasteiger partial charge in [0.2, 0.25) is 0 Å². The largest absolute Gasteiger partial charge is 0.290 e. The van der Waals surface area contributed by atoms with Gasteiger partial charge in [-0.1, -0.05) is 30.3 Å². The molecule has 23 heavy (non-hydrogen) atoms. The first-order chi connectivity index (χ1) is 11.0. The third-order valence-electron chi connectivity index (χ3n) is 4.41. The van der Waals surface area contributed by atoms with Crippen LogP contribution in [0.3, 0.4) is 0 Å². The van der Waals surface area contributed by atoms with E-state index in [-0.39, 0.29) is 10.6 Å². The molecule has 4 rings (SSSR count). The first-order valence-electron chi connectivity index (χ1n) is 7.67. The Morgan fingerprint density at radius 2 is 1.70 bits per heavy atom. The van der Waals surface area contributed by atoms with Crippen molar-refractivity contribution in [1.82, 2.24) is 0 Å². The van der Waals surface area contributed by atoms with Crippen LogP contribution in [0, 0.1) is 0 Å². The number of hydrogen-bond acceptors (Lipinski definition) is 3. The summed E-state index contributed by atoms with van der Waals surface area (Å²) in [5.41, 5.74) is 2.10. The molecule has 0 aromatic heterocycles. The molecule has 1 saturated carbocycles. The van der Waals surface area contributed by atoms with Gasteiger partial charge in [-0.15, -0.1) is 3.77 Å². The molecule has 2 aromatic rings. The highest BCUT2D eigenvalue weighted by atomic mass is 32.3. The van der Waals surface area contributed by atoms with E-state index in [1.807, 2.05) is 24.3 Å². The van der Waals surface area contributed by atoms with Crippen LogP contribution in [0.4, 0.5) is 0 Å². The standard InChI is InChI=1S/C17H17NO3S2/c19-22(12-11-15-3-1-2-4-17(15)22)18-23(20,21)16-9-7-14(8-10-16)13-5-6-13/h1-4,7-10,13H,5-6,11-12H2. The molecule has 0 bridgehead atoms. The van der Waals surface area contributed by atoms with E-state index < -0.39 is 19.8 Å². The smallest absolute Gasteiger partial charge is 0.244 e. The van der Waals surface area contributed by atoms with Crippen LogP contribution in [-0.2, 0) is 26.2 Å². The Kier molecular flexibility index (Phi) is 3.35. The number of nitrogens with zero attached hydrogens (tertiary/aromatic N) is 1. The molecular weight excluding hydrogens is 330 g/mol. The van der Waals surface area contributed by atoms with E-state index in [0.29, 0.717) is 17.2 Å². The normalized spacial score (nSPS) is 23.5. The van der Waals surface area contributed by atoms with Gasteiger partial charge in [-0.3, -0.25) is 0 Å². The van der Waals surface area contributed by atoms with Gasteiger partial charge in [-0.25, -0.2) is 4.21 Å². The molecule has 120 valence electrons. The van der Waals surface area contributed by atoms with Crippen molar-refractivity contribution in [3.8, 4) is 0 Å². The average Bonchev–Trinajstić information content (AvgIpc) is 3.33. The molecule has 2 aromatic carbocycles. The first kappa shape index (κ1) is 14.9. The Morgan fingerprint density at radius 3 is 2.39 bits per heavy atom. The molecule has 2 aliphatic rings. The van der Waals surface area contributed by atoms with Crippen LogP contribution in [0.2, 0.25) is 0 Å². The van der Waals surface area contributed by atoms with Crippen molar-refractivity contribution >= 4 is 19.8 Å². The molecule has 1 unspecified atom stereocenters. The summed E-state index contributed by atoms with van der Waals surface area (Å²) in [6.45, 7) is 0. The monoisotopic (exact) mass is 347 g/mol. The second kappa shape index (κ2) is 5.18.